The number of nitrogens with zero attached hydrogens (tertiary/aromatic N) is 1. The van der Waals surface area contributed by atoms with Crippen molar-refractivity contribution in [2.24, 2.45) is 5.92 Å². The van der Waals surface area contributed by atoms with Crippen LogP contribution in [0.15, 0.2) is 23.6 Å². The number of thiazole rings is 1. The molecule has 2 aromatic rings. The Morgan fingerprint density at radius 1 is 1.17 bits per heavy atom. The van der Waals surface area contributed by atoms with Gasteiger partial charge in [-0.1, -0.05) is 37.3 Å². The summed E-state index contributed by atoms with van der Waals surface area (Å²) >= 11 is 7.77. The van der Waals surface area contributed by atoms with E-state index >= 15 is 0 Å². The van der Waals surface area contributed by atoms with E-state index in [9.17, 15) is 0 Å². The lowest BCUT2D eigenvalue weighted by Crippen LogP contribution is -2.20. The van der Waals surface area contributed by atoms with Gasteiger partial charge in [-0.2, -0.15) is 0 Å². The number of unbranched alkanes of at least 4 members (excludes halogenated alkanes) is 3. The van der Waals surface area contributed by atoms with Crippen molar-refractivity contribution in [3.8, 4) is 16.3 Å². The fraction of sp³-hybridized carbons (Fsp3) is 0.609. The molecule has 3 rings (SSSR count). The number of nitrogens with one attached hydrogen (secondary N) is 1. The zero-order valence-corrected chi connectivity index (χ0v) is 19.0. The molecule has 0 aliphatic carbocycles. The molecular formula is C23H33ClN2O2S. The topological polar surface area (TPSA) is 43.4 Å². The maximum Gasteiger partial charge on any atom is 0.123 e. The highest BCUT2D eigenvalue weighted by atomic mass is 35.5. The van der Waals surface area contributed by atoms with Gasteiger partial charge in [-0.3, -0.25) is 0 Å². The minimum Gasteiger partial charge on any atom is -0.497 e. The van der Waals surface area contributed by atoms with E-state index in [2.05, 4.69) is 15.7 Å². The lowest BCUT2D eigenvalue weighted by Gasteiger charge is -2.13. The standard InChI is InChI=1S/C23H33ClN2O2S/c1-27-22-13-19(12-20(24)14-22)23-26-21(17-29-23)16-28-11-7-3-2-4-8-18-9-5-6-10-25-15-18/h12-14,17-18,25H,2-11,15-16H2,1H3. The number of rotatable bonds is 11. The molecule has 1 atom stereocenters. The highest BCUT2D eigenvalue weighted by molar-refractivity contribution is 7.13. The molecule has 1 unspecified atom stereocenters. The zero-order chi connectivity index (χ0) is 20.3. The number of aromatic nitrogens is 1. The molecule has 29 heavy (non-hydrogen) atoms. The Morgan fingerprint density at radius 2 is 2.07 bits per heavy atom. The third-order valence-electron chi connectivity index (χ3n) is 5.46. The molecule has 1 aliphatic heterocycles. The summed E-state index contributed by atoms with van der Waals surface area (Å²) in [6.07, 6.45) is 10.6. The summed E-state index contributed by atoms with van der Waals surface area (Å²) in [6, 6.07) is 5.68. The summed E-state index contributed by atoms with van der Waals surface area (Å²) < 4.78 is 11.1. The summed E-state index contributed by atoms with van der Waals surface area (Å²) in [5.41, 5.74) is 1.96. The molecule has 1 aliphatic rings. The molecule has 1 aromatic heterocycles. The van der Waals surface area contributed by atoms with Crippen molar-refractivity contribution in [3.63, 3.8) is 0 Å². The molecular weight excluding hydrogens is 404 g/mol. The van der Waals surface area contributed by atoms with Gasteiger partial charge in [0.2, 0.25) is 0 Å². The Bertz CT molecular complexity index is 729. The second-order valence-corrected chi connectivity index (χ2v) is 9.14. The van der Waals surface area contributed by atoms with Crippen LogP contribution in [-0.4, -0.2) is 31.8 Å². The average Bonchev–Trinajstić information content (AvgIpc) is 3.05. The molecule has 0 radical (unpaired) electrons. The molecule has 1 aromatic carbocycles. The number of methoxy groups -OCH3 is 1. The number of benzene rings is 1. The summed E-state index contributed by atoms with van der Waals surface area (Å²) in [6.45, 7) is 3.81. The first-order valence-corrected chi connectivity index (χ1v) is 12.1. The van der Waals surface area contributed by atoms with Crippen LogP contribution in [0.25, 0.3) is 10.6 Å². The van der Waals surface area contributed by atoms with Crippen molar-refractivity contribution in [2.45, 2.75) is 58.0 Å². The van der Waals surface area contributed by atoms with Crippen molar-refractivity contribution in [1.29, 1.82) is 0 Å². The fourth-order valence-electron chi connectivity index (χ4n) is 3.81. The SMILES string of the molecule is COc1cc(Cl)cc(-c2nc(COCCCCCCC3CCCCNC3)cs2)c1. The minimum atomic E-state index is 0.571. The molecule has 0 saturated carbocycles. The quantitative estimate of drug-likeness (QED) is 0.418. The van der Waals surface area contributed by atoms with E-state index in [0.717, 1.165) is 41.0 Å². The van der Waals surface area contributed by atoms with E-state index in [4.69, 9.17) is 21.1 Å². The molecule has 0 bridgehead atoms. The Hall–Kier alpha value is -1.14. The number of ether oxygens (including phenoxy) is 2. The highest BCUT2D eigenvalue weighted by Crippen LogP contribution is 2.30. The van der Waals surface area contributed by atoms with E-state index < -0.39 is 0 Å². The van der Waals surface area contributed by atoms with Crippen LogP contribution in [0.5, 0.6) is 5.75 Å². The molecule has 1 saturated heterocycles. The maximum absolute atomic E-state index is 6.16. The largest absolute Gasteiger partial charge is 0.497 e. The van der Waals surface area contributed by atoms with Crippen LogP contribution >= 0.6 is 22.9 Å². The predicted octanol–water partition coefficient (Wildman–Crippen LogP) is 6.33. The molecule has 0 amide bonds. The zero-order valence-electron chi connectivity index (χ0n) is 17.4. The van der Waals surface area contributed by atoms with Gasteiger partial charge in [0.1, 0.15) is 10.8 Å². The Kier molecular flexibility index (Phi) is 9.74. The van der Waals surface area contributed by atoms with E-state index in [1.807, 2.05) is 12.1 Å². The van der Waals surface area contributed by atoms with Crippen LogP contribution in [0.3, 0.4) is 0 Å². The molecule has 6 heteroatoms. The van der Waals surface area contributed by atoms with Crippen LogP contribution in [0.4, 0.5) is 0 Å². The molecule has 160 valence electrons. The lowest BCUT2D eigenvalue weighted by molar-refractivity contribution is 0.114. The van der Waals surface area contributed by atoms with Crippen molar-refractivity contribution in [3.05, 3.63) is 34.3 Å². The van der Waals surface area contributed by atoms with E-state index in [-0.39, 0.29) is 0 Å². The first-order chi connectivity index (χ1) is 14.2. The van der Waals surface area contributed by atoms with Crippen molar-refractivity contribution in [1.82, 2.24) is 10.3 Å². The summed E-state index contributed by atoms with van der Waals surface area (Å²) in [4.78, 5) is 4.68. The van der Waals surface area contributed by atoms with Crippen LogP contribution < -0.4 is 10.1 Å². The van der Waals surface area contributed by atoms with Gasteiger partial charge in [0.25, 0.3) is 0 Å². The average molecular weight is 437 g/mol. The normalized spacial score (nSPS) is 17.2. The maximum atomic E-state index is 6.16. The van der Waals surface area contributed by atoms with Crippen LogP contribution in [0.1, 0.15) is 57.1 Å². The van der Waals surface area contributed by atoms with E-state index in [1.54, 1.807) is 24.5 Å². The van der Waals surface area contributed by atoms with Gasteiger partial charge in [0.15, 0.2) is 0 Å². The van der Waals surface area contributed by atoms with Gasteiger partial charge in [0, 0.05) is 22.6 Å². The second kappa shape index (κ2) is 12.5. The number of hydrogen-bond acceptors (Lipinski definition) is 5. The Morgan fingerprint density at radius 3 is 2.97 bits per heavy atom. The highest BCUT2D eigenvalue weighted by Gasteiger charge is 2.11. The van der Waals surface area contributed by atoms with Gasteiger partial charge in [-0.05, 0) is 62.9 Å². The fourth-order valence-corrected chi connectivity index (χ4v) is 4.83. The third kappa shape index (κ3) is 7.89. The van der Waals surface area contributed by atoms with Crippen LogP contribution in [-0.2, 0) is 11.3 Å². The summed E-state index contributed by atoms with van der Waals surface area (Å²) in [7, 11) is 1.64. The van der Waals surface area contributed by atoms with Gasteiger partial charge in [0.05, 0.1) is 19.4 Å². The molecule has 2 heterocycles. The van der Waals surface area contributed by atoms with Gasteiger partial charge in [-0.25, -0.2) is 4.98 Å². The van der Waals surface area contributed by atoms with Gasteiger partial charge >= 0.3 is 0 Å². The molecule has 1 N–H and O–H groups in total. The van der Waals surface area contributed by atoms with Gasteiger partial charge < -0.3 is 14.8 Å². The molecule has 0 spiro atoms. The number of hydrogen-bond donors (Lipinski definition) is 1. The Balaban J connectivity index is 1.29. The molecule has 4 nitrogen and oxygen atoms in total. The van der Waals surface area contributed by atoms with Crippen molar-refractivity contribution < 1.29 is 9.47 Å². The predicted molar refractivity (Wildman–Crippen MR) is 122 cm³/mol. The van der Waals surface area contributed by atoms with Crippen molar-refractivity contribution >= 4 is 22.9 Å². The van der Waals surface area contributed by atoms with E-state index in [0.29, 0.717) is 11.6 Å². The van der Waals surface area contributed by atoms with Crippen LogP contribution in [0, 0.1) is 5.92 Å². The number of halogens is 1. The van der Waals surface area contributed by atoms with E-state index in [1.165, 1.54) is 58.0 Å². The second-order valence-electron chi connectivity index (χ2n) is 7.85. The minimum absolute atomic E-state index is 0.571. The first kappa shape index (κ1) is 22.5. The lowest BCUT2D eigenvalue weighted by atomic mass is 9.96. The molecule has 1 fully saturated rings. The third-order valence-corrected chi connectivity index (χ3v) is 6.61. The monoisotopic (exact) mass is 436 g/mol. The summed E-state index contributed by atoms with van der Waals surface area (Å²) in [5.74, 6) is 1.64. The van der Waals surface area contributed by atoms with Crippen molar-refractivity contribution in [2.75, 3.05) is 26.8 Å². The summed E-state index contributed by atoms with van der Waals surface area (Å²) in [5, 5.41) is 7.22. The first-order valence-electron chi connectivity index (χ1n) is 10.8. The van der Waals surface area contributed by atoms with Crippen LogP contribution in [0.2, 0.25) is 5.02 Å². The smallest absolute Gasteiger partial charge is 0.123 e. The van der Waals surface area contributed by atoms with Gasteiger partial charge in [-0.15, -0.1) is 11.3 Å². The Labute approximate surface area is 184 Å².